The lowest BCUT2D eigenvalue weighted by Crippen LogP contribution is -2.38. The Morgan fingerprint density at radius 2 is 1.84 bits per heavy atom. The number of halogens is 1. The zero-order valence-electron chi connectivity index (χ0n) is 16.3. The predicted octanol–water partition coefficient (Wildman–Crippen LogP) is 4.53. The van der Waals surface area contributed by atoms with Crippen LogP contribution in [0.15, 0.2) is 51.8 Å². The zero-order chi connectivity index (χ0) is 21.4. The minimum atomic E-state index is -3.85. The molecule has 4 aromatic rings. The second-order valence-electron chi connectivity index (χ2n) is 7.38. The molecule has 0 aliphatic heterocycles. The summed E-state index contributed by atoms with van der Waals surface area (Å²) in [6, 6.07) is 11.9. The van der Waals surface area contributed by atoms with Crippen LogP contribution in [0.4, 0.5) is 0 Å². The predicted molar refractivity (Wildman–Crippen MR) is 117 cm³/mol. The van der Waals surface area contributed by atoms with Crippen molar-refractivity contribution < 1.29 is 12.8 Å². The van der Waals surface area contributed by atoms with Crippen molar-refractivity contribution in [1.82, 2.24) is 23.2 Å². The quantitative estimate of drug-likeness (QED) is 0.403. The van der Waals surface area contributed by atoms with Crippen LogP contribution in [-0.4, -0.2) is 37.7 Å². The summed E-state index contributed by atoms with van der Waals surface area (Å²) in [7, 11) is -3.85. The summed E-state index contributed by atoms with van der Waals surface area (Å²) in [5.41, 5.74) is 1.68. The molecule has 0 saturated heterocycles. The van der Waals surface area contributed by atoms with Gasteiger partial charge in [-0.1, -0.05) is 30.5 Å². The van der Waals surface area contributed by atoms with Crippen molar-refractivity contribution in [3.05, 3.63) is 53.4 Å². The molecule has 2 aromatic carbocycles. The van der Waals surface area contributed by atoms with Crippen LogP contribution >= 0.6 is 23.3 Å². The molecule has 11 heteroatoms. The third kappa shape index (κ3) is 3.96. The maximum Gasteiger partial charge on any atom is 0.247 e. The van der Waals surface area contributed by atoms with E-state index >= 15 is 0 Å². The Hall–Kier alpha value is -2.40. The minimum absolute atomic E-state index is 0.00153. The molecule has 0 N–H and O–H groups in total. The van der Waals surface area contributed by atoms with Gasteiger partial charge >= 0.3 is 0 Å². The van der Waals surface area contributed by atoms with Gasteiger partial charge in [0.15, 0.2) is 0 Å². The van der Waals surface area contributed by atoms with Crippen LogP contribution in [-0.2, 0) is 16.6 Å². The Bertz CT molecular complexity index is 1310. The maximum atomic E-state index is 13.7. The summed E-state index contributed by atoms with van der Waals surface area (Å²) in [6.07, 6.45) is 3.56. The number of hydrogen-bond donors (Lipinski definition) is 0. The number of sulfonamides is 1. The van der Waals surface area contributed by atoms with Gasteiger partial charge in [0.05, 0.1) is 18.3 Å². The van der Waals surface area contributed by atoms with E-state index in [2.05, 4.69) is 18.9 Å². The topological polar surface area (TPSA) is 102 Å². The lowest BCUT2D eigenvalue weighted by atomic mass is 10.2. The van der Waals surface area contributed by atoms with Crippen LogP contribution in [0.25, 0.3) is 22.5 Å². The molecular formula is C20H18ClN5O3S2. The van der Waals surface area contributed by atoms with Crippen molar-refractivity contribution in [2.45, 2.75) is 43.2 Å². The molecule has 5 rings (SSSR count). The van der Waals surface area contributed by atoms with E-state index in [0.29, 0.717) is 21.9 Å². The van der Waals surface area contributed by atoms with E-state index in [0.717, 1.165) is 43.0 Å². The van der Waals surface area contributed by atoms with Crippen molar-refractivity contribution in [2.24, 2.45) is 0 Å². The second-order valence-corrected chi connectivity index (χ2v) is 10.2. The Balaban J connectivity index is 1.50. The fourth-order valence-corrected chi connectivity index (χ4v) is 6.39. The first kappa shape index (κ1) is 20.5. The first-order valence-electron chi connectivity index (χ1n) is 9.84. The summed E-state index contributed by atoms with van der Waals surface area (Å²) in [6.45, 7) is 0.00153. The molecule has 1 aliphatic carbocycles. The van der Waals surface area contributed by atoms with Crippen LogP contribution in [0.1, 0.15) is 31.6 Å². The van der Waals surface area contributed by atoms with Crippen molar-refractivity contribution >= 4 is 44.4 Å². The van der Waals surface area contributed by atoms with E-state index in [1.807, 2.05) is 0 Å². The highest BCUT2D eigenvalue weighted by atomic mass is 35.5. The third-order valence-corrected chi connectivity index (χ3v) is 8.14. The van der Waals surface area contributed by atoms with E-state index in [-0.39, 0.29) is 23.4 Å². The number of rotatable bonds is 6. The molecular weight excluding hydrogens is 458 g/mol. The van der Waals surface area contributed by atoms with Crippen molar-refractivity contribution in [3.8, 4) is 11.5 Å². The maximum absolute atomic E-state index is 13.7. The largest absolute Gasteiger partial charge is 0.419 e. The molecule has 0 unspecified atom stereocenters. The molecule has 0 spiro atoms. The number of fused-ring (bicyclic) bond motifs is 1. The summed E-state index contributed by atoms with van der Waals surface area (Å²) in [4.78, 5) is 0.156. The van der Waals surface area contributed by atoms with Crippen molar-refractivity contribution in [1.29, 1.82) is 0 Å². The number of benzene rings is 2. The zero-order valence-corrected chi connectivity index (χ0v) is 18.7. The minimum Gasteiger partial charge on any atom is -0.419 e. The van der Waals surface area contributed by atoms with Gasteiger partial charge in [-0.3, -0.25) is 0 Å². The summed E-state index contributed by atoms with van der Waals surface area (Å²) >= 11 is 6.94. The standard InChI is InChI=1S/C20H18ClN5O3S2/c21-14-10-8-13(9-11-14)20-23-22-18(29-20)12-26(15-4-1-2-5-15)31(27,28)17-7-3-6-16-19(17)25-30-24-16/h3,6-11,15H,1-2,4-5,12H2. The average Bonchev–Trinajstić information content (AvgIpc) is 3.53. The highest BCUT2D eigenvalue weighted by Gasteiger charge is 2.36. The van der Waals surface area contributed by atoms with E-state index in [9.17, 15) is 8.42 Å². The van der Waals surface area contributed by atoms with Gasteiger partial charge in [0.25, 0.3) is 0 Å². The summed E-state index contributed by atoms with van der Waals surface area (Å²) in [5, 5.41) is 8.80. The fourth-order valence-electron chi connectivity index (χ4n) is 3.88. The van der Waals surface area contributed by atoms with Gasteiger partial charge in [-0.05, 0) is 49.2 Å². The van der Waals surface area contributed by atoms with Gasteiger partial charge < -0.3 is 4.42 Å². The van der Waals surface area contributed by atoms with Crippen LogP contribution in [0.5, 0.6) is 0 Å². The first-order valence-corrected chi connectivity index (χ1v) is 12.4. The first-order chi connectivity index (χ1) is 15.0. The molecule has 0 radical (unpaired) electrons. The Kier molecular flexibility index (Phi) is 5.47. The highest BCUT2D eigenvalue weighted by Crippen LogP contribution is 2.33. The lowest BCUT2D eigenvalue weighted by Gasteiger charge is -2.26. The van der Waals surface area contributed by atoms with E-state index in [4.69, 9.17) is 16.0 Å². The van der Waals surface area contributed by atoms with Crippen LogP contribution in [0.3, 0.4) is 0 Å². The molecule has 8 nitrogen and oxygen atoms in total. The van der Waals surface area contributed by atoms with Crippen LogP contribution in [0, 0.1) is 0 Å². The normalized spacial score (nSPS) is 15.3. The number of nitrogens with zero attached hydrogens (tertiary/aromatic N) is 5. The molecule has 0 bridgehead atoms. The Morgan fingerprint density at radius 1 is 1.06 bits per heavy atom. The van der Waals surface area contributed by atoms with Crippen LogP contribution in [0.2, 0.25) is 5.02 Å². The van der Waals surface area contributed by atoms with E-state index in [1.165, 1.54) is 4.31 Å². The van der Waals surface area contributed by atoms with Gasteiger partial charge in [0.2, 0.25) is 21.8 Å². The molecule has 31 heavy (non-hydrogen) atoms. The molecule has 2 aromatic heterocycles. The molecule has 1 saturated carbocycles. The number of hydrogen-bond acceptors (Lipinski definition) is 8. The molecule has 0 amide bonds. The Morgan fingerprint density at radius 3 is 2.61 bits per heavy atom. The molecule has 160 valence electrons. The monoisotopic (exact) mass is 475 g/mol. The number of aromatic nitrogens is 4. The molecule has 2 heterocycles. The lowest BCUT2D eigenvalue weighted by molar-refractivity contribution is 0.288. The van der Waals surface area contributed by atoms with Crippen molar-refractivity contribution in [2.75, 3.05) is 0 Å². The highest BCUT2D eigenvalue weighted by molar-refractivity contribution is 7.89. The SMILES string of the molecule is O=S(=O)(c1cccc2nsnc12)N(Cc1nnc(-c2ccc(Cl)cc2)o1)C1CCCC1. The molecule has 1 aliphatic rings. The van der Waals surface area contributed by atoms with Crippen LogP contribution < -0.4 is 0 Å². The van der Waals surface area contributed by atoms with Gasteiger partial charge in [-0.25, -0.2) is 8.42 Å². The summed E-state index contributed by atoms with van der Waals surface area (Å²) in [5.74, 6) is 0.560. The average molecular weight is 476 g/mol. The molecule has 0 atom stereocenters. The second kappa shape index (κ2) is 8.27. The summed E-state index contributed by atoms with van der Waals surface area (Å²) < 4.78 is 43.1. The smallest absolute Gasteiger partial charge is 0.247 e. The van der Waals surface area contributed by atoms with E-state index in [1.54, 1.807) is 42.5 Å². The van der Waals surface area contributed by atoms with E-state index < -0.39 is 10.0 Å². The molecule has 1 fully saturated rings. The van der Waals surface area contributed by atoms with Gasteiger partial charge in [0.1, 0.15) is 15.9 Å². The van der Waals surface area contributed by atoms with Gasteiger partial charge in [-0.15, -0.1) is 10.2 Å². The third-order valence-electron chi connectivity index (χ3n) is 5.42. The Labute approximate surface area is 188 Å². The fraction of sp³-hybridized carbons (Fsp3) is 0.300. The van der Waals surface area contributed by atoms with Gasteiger partial charge in [-0.2, -0.15) is 13.1 Å². The van der Waals surface area contributed by atoms with Gasteiger partial charge in [0, 0.05) is 16.6 Å². The van der Waals surface area contributed by atoms with Crippen molar-refractivity contribution in [3.63, 3.8) is 0 Å².